The van der Waals surface area contributed by atoms with Crippen molar-refractivity contribution in [1.29, 1.82) is 0 Å². The lowest BCUT2D eigenvalue weighted by Gasteiger charge is -2.17. The highest BCUT2D eigenvalue weighted by Gasteiger charge is 2.29. The summed E-state index contributed by atoms with van der Waals surface area (Å²) >= 11 is 1.06. The van der Waals surface area contributed by atoms with Gasteiger partial charge < -0.3 is 9.47 Å². The van der Waals surface area contributed by atoms with Gasteiger partial charge in [0, 0.05) is 13.2 Å². The van der Waals surface area contributed by atoms with E-state index in [1.807, 2.05) is 6.92 Å². The van der Waals surface area contributed by atoms with E-state index in [1.165, 1.54) is 14.2 Å². The lowest BCUT2D eigenvalue weighted by Crippen LogP contribution is -2.38. The SMILES string of the molecule is CCCC(COC)NS(=O)(=O)c1c(C)csc1C(=O)OC. The maximum absolute atomic E-state index is 12.5. The number of aryl methyl sites for hydroxylation is 1. The van der Waals surface area contributed by atoms with E-state index in [0.717, 1.165) is 17.8 Å². The number of methoxy groups -OCH3 is 2. The lowest BCUT2D eigenvalue weighted by atomic mass is 10.2. The second-order valence-electron chi connectivity index (χ2n) is 4.63. The van der Waals surface area contributed by atoms with Crippen molar-refractivity contribution in [3.63, 3.8) is 0 Å². The molecule has 0 aliphatic rings. The van der Waals surface area contributed by atoms with Crippen LogP contribution in [0.5, 0.6) is 0 Å². The zero-order valence-corrected chi connectivity index (χ0v) is 14.3. The average Bonchev–Trinajstić information content (AvgIpc) is 2.80. The van der Waals surface area contributed by atoms with Crippen molar-refractivity contribution in [2.45, 2.75) is 37.6 Å². The van der Waals surface area contributed by atoms with Gasteiger partial charge in [0.2, 0.25) is 10.0 Å². The van der Waals surface area contributed by atoms with Crippen LogP contribution >= 0.6 is 11.3 Å². The summed E-state index contributed by atoms with van der Waals surface area (Å²) in [7, 11) is -1.05. The summed E-state index contributed by atoms with van der Waals surface area (Å²) in [5, 5.41) is 1.63. The quantitative estimate of drug-likeness (QED) is 0.734. The van der Waals surface area contributed by atoms with E-state index in [4.69, 9.17) is 4.74 Å². The molecule has 1 unspecified atom stereocenters. The van der Waals surface area contributed by atoms with E-state index in [1.54, 1.807) is 12.3 Å². The minimum atomic E-state index is -3.80. The van der Waals surface area contributed by atoms with Gasteiger partial charge in [0.1, 0.15) is 9.77 Å². The summed E-state index contributed by atoms with van der Waals surface area (Å²) in [6, 6.07) is -0.324. The molecule has 120 valence electrons. The molecule has 0 bridgehead atoms. The van der Waals surface area contributed by atoms with Crippen LogP contribution in [-0.2, 0) is 19.5 Å². The molecular weight excluding hydrogens is 314 g/mol. The van der Waals surface area contributed by atoms with E-state index in [9.17, 15) is 13.2 Å². The Hall–Kier alpha value is -0.960. The second kappa shape index (κ2) is 7.88. The van der Waals surface area contributed by atoms with Crippen LogP contribution in [0.3, 0.4) is 0 Å². The number of carbonyl (C=O) groups is 1. The monoisotopic (exact) mass is 335 g/mol. The van der Waals surface area contributed by atoms with Gasteiger partial charge in [0.15, 0.2) is 0 Å². The maximum Gasteiger partial charge on any atom is 0.349 e. The molecule has 1 aromatic heterocycles. The van der Waals surface area contributed by atoms with Crippen molar-refractivity contribution in [3.8, 4) is 0 Å². The summed E-state index contributed by atoms with van der Waals surface area (Å²) in [6.07, 6.45) is 1.48. The molecule has 1 atom stereocenters. The highest BCUT2D eigenvalue weighted by Crippen LogP contribution is 2.27. The van der Waals surface area contributed by atoms with Gasteiger partial charge in [-0.15, -0.1) is 11.3 Å². The van der Waals surface area contributed by atoms with Crippen LogP contribution in [0.4, 0.5) is 0 Å². The molecule has 6 nitrogen and oxygen atoms in total. The smallest absolute Gasteiger partial charge is 0.349 e. The Bertz CT molecular complexity index is 573. The van der Waals surface area contributed by atoms with E-state index in [2.05, 4.69) is 9.46 Å². The molecule has 0 saturated carbocycles. The lowest BCUT2D eigenvalue weighted by molar-refractivity contribution is 0.0602. The number of esters is 1. The highest BCUT2D eigenvalue weighted by molar-refractivity contribution is 7.89. The highest BCUT2D eigenvalue weighted by atomic mass is 32.2. The van der Waals surface area contributed by atoms with Gasteiger partial charge in [-0.2, -0.15) is 0 Å². The van der Waals surface area contributed by atoms with Gasteiger partial charge in [-0.1, -0.05) is 13.3 Å². The largest absolute Gasteiger partial charge is 0.465 e. The number of nitrogens with one attached hydrogen (secondary N) is 1. The van der Waals surface area contributed by atoms with Gasteiger partial charge in [-0.05, 0) is 24.3 Å². The van der Waals surface area contributed by atoms with E-state index in [-0.39, 0.29) is 22.4 Å². The van der Waals surface area contributed by atoms with Crippen molar-refractivity contribution in [1.82, 2.24) is 4.72 Å². The van der Waals surface area contributed by atoms with E-state index in [0.29, 0.717) is 12.0 Å². The van der Waals surface area contributed by atoms with Gasteiger partial charge in [0.25, 0.3) is 0 Å². The summed E-state index contributed by atoms with van der Waals surface area (Å²) in [5.74, 6) is -0.646. The normalized spacial score (nSPS) is 13.1. The number of sulfonamides is 1. The van der Waals surface area contributed by atoms with Crippen LogP contribution in [0, 0.1) is 6.92 Å². The first kappa shape index (κ1) is 18.1. The van der Waals surface area contributed by atoms with Crippen LogP contribution in [0.2, 0.25) is 0 Å². The van der Waals surface area contributed by atoms with Crippen LogP contribution in [0.15, 0.2) is 10.3 Å². The van der Waals surface area contributed by atoms with Crippen LogP contribution in [0.25, 0.3) is 0 Å². The standard InChI is InChI=1S/C13H21NO5S2/c1-5-6-10(7-18-3)14-21(16,17)12-9(2)8-20-11(12)13(15)19-4/h8,10,14H,5-7H2,1-4H3. The zero-order chi connectivity index (χ0) is 16.0. The zero-order valence-electron chi connectivity index (χ0n) is 12.6. The first-order chi connectivity index (χ1) is 9.87. The van der Waals surface area contributed by atoms with Crippen LogP contribution in [0.1, 0.15) is 35.0 Å². The van der Waals surface area contributed by atoms with Gasteiger partial charge >= 0.3 is 5.97 Å². The van der Waals surface area contributed by atoms with Gasteiger partial charge in [-0.3, -0.25) is 0 Å². The minimum Gasteiger partial charge on any atom is -0.465 e. The molecule has 1 rings (SSSR count). The van der Waals surface area contributed by atoms with E-state index >= 15 is 0 Å². The molecule has 1 aromatic rings. The molecule has 0 aromatic carbocycles. The van der Waals surface area contributed by atoms with Crippen molar-refractivity contribution in [2.24, 2.45) is 0 Å². The topological polar surface area (TPSA) is 81.7 Å². The molecular formula is C13H21NO5S2. The molecule has 0 spiro atoms. The predicted molar refractivity (Wildman–Crippen MR) is 81.3 cm³/mol. The summed E-state index contributed by atoms with van der Waals surface area (Å²) in [5.41, 5.74) is 0.528. The van der Waals surface area contributed by atoms with Gasteiger partial charge in [-0.25, -0.2) is 17.9 Å². The number of rotatable bonds is 8. The number of carbonyl (C=O) groups excluding carboxylic acids is 1. The third-order valence-corrected chi connectivity index (χ3v) is 5.80. The molecule has 21 heavy (non-hydrogen) atoms. The first-order valence-corrected chi connectivity index (χ1v) is 8.91. The molecule has 0 fully saturated rings. The van der Waals surface area contributed by atoms with E-state index < -0.39 is 16.0 Å². The molecule has 0 amide bonds. The molecule has 0 saturated heterocycles. The summed E-state index contributed by atoms with van der Waals surface area (Å²) in [6.45, 7) is 3.90. The third kappa shape index (κ3) is 4.50. The number of hydrogen-bond donors (Lipinski definition) is 1. The Labute approximate surface area is 129 Å². The van der Waals surface area contributed by atoms with Crippen LogP contribution < -0.4 is 4.72 Å². The van der Waals surface area contributed by atoms with Crippen molar-refractivity contribution in [2.75, 3.05) is 20.8 Å². The Morgan fingerprint density at radius 3 is 2.62 bits per heavy atom. The molecule has 1 N–H and O–H groups in total. The molecule has 8 heteroatoms. The molecule has 0 radical (unpaired) electrons. The Morgan fingerprint density at radius 1 is 1.43 bits per heavy atom. The average molecular weight is 335 g/mol. The van der Waals surface area contributed by atoms with Crippen molar-refractivity contribution < 1.29 is 22.7 Å². The summed E-state index contributed by atoms with van der Waals surface area (Å²) in [4.78, 5) is 11.8. The van der Waals surface area contributed by atoms with Gasteiger partial charge in [0.05, 0.1) is 13.7 Å². The Morgan fingerprint density at radius 2 is 2.10 bits per heavy atom. The predicted octanol–water partition coefficient (Wildman–Crippen LogP) is 1.94. The molecule has 1 heterocycles. The molecule has 0 aliphatic carbocycles. The first-order valence-electron chi connectivity index (χ1n) is 6.55. The summed E-state index contributed by atoms with van der Waals surface area (Å²) < 4.78 is 37.4. The fraction of sp³-hybridized carbons (Fsp3) is 0.615. The maximum atomic E-state index is 12.5. The van der Waals surface area contributed by atoms with Crippen LogP contribution in [-0.4, -0.2) is 41.3 Å². The number of hydrogen-bond acceptors (Lipinski definition) is 6. The Balaban J connectivity index is 3.12. The third-order valence-electron chi connectivity index (χ3n) is 2.88. The second-order valence-corrected chi connectivity index (χ2v) is 7.16. The number of ether oxygens (including phenoxy) is 2. The van der Waals surface area contributed by atoms with Crippen molar-refractivity contribution in [3.05, 3.63) is 15.8 Å². The minimum absolute atomic E-state index is 0.00319. The Kier molecular flexibility index (Phi) is 6.79. The fourth-order valence-corrected chi connectivity index (χ4v) is 4.97. The fourth-order valence-electron chi connectivity index (χ4n) is 2.01. The molecule has 0 aliphatic heterocycles. The number of thiophene rings is 1. The van der Waals surface area contributed by atoms with Crippen molar-refractivity contribution >= 4 is 27.3 Å².